The maximum absolute atomic E-state index is 13.4. The smallest absolute Gasteiger partial charge is 0.267 e. The summed E-state index contributed by atoms with van der Waals surface area (Å²) in [5.41, 5.74) is 3.04. The molecular formula is C30H25Cl3N4O3. The third-order valence-corrected chi connectivity index (χ3v) is 7.16. The Morgan fingerprint density at radius 2 is 1.75 bits per heavy atom. The Morgan fingerprint density at radius 3 is 2.45 bits per heavy atom. The minimum atomic E-state index is -0.552. The summed E-state index contributed by atoms with van der Waals surface area (Å²) in [5.74, 6) is -1.02. The minimum absolute atomic E-state index is 0.0249. The SMILES string of the molecule is O=C(NC[C@@H]1CCCO1)/C(=C/c1cn(-c2ccccc2)nc1-c1ccc(Cl)cc1)NC(=O)c1ccc(Cl)cc1Cl. The summed E-state index contributed by atoms with van der Waals surface area (Å²) in [6, 6.07) is 21.4. The normalized spacial score (nSPS) is 15.2. The molecule has 7 nitrogen and oxygen atoms in total. The van der Waals surface area contributed by atoms with Gasteiger partial charge in [-0.1, -0.05) is 65.1 Å². The summed E-state index contributed by atoms with van der Waals surface area (Å²) in [4.78, 5) is 26.7. The van der Waals surface area contributed by atoms with Crippen molar-refractivity contribution in [3.8, 4) is 16.9 Å². The van der Waals surface area contributed by atoms with Crippen LogP contribution in [0.3, 0.4) is 0 Å². The number of para-hydroxylation sites is 1. The van der Waals surface area contributed by atoms with E-state index in [9.17, 15) is 9.59 Å². The van der Waals surface area contributed by atoms with Gasteiger partial charge in [-0.25, -0.2) is 4.68 Å². The average molecular weight is 596 g/mol. The van der Waals surface area contributed by atoms with E-state index in [0.717, 1.165) is 24.1 Å². The molecule has 4 aromatic rings. The first kappa shape index (κ1) is 27.9. The molecule has 1 aliphatic rings. The second-order valence-electron chi connectivity index (χ2n) is 9.20. The Kier molecular flexibility index (Phi) is 8.87. The predicted molar refractivity (Wildman–Crippen MR) is 158 cm³/mol. The molecule has 2 heterocycles. The number of hydrogen-bond acceptors (Lipinski definition) is 4. The third-order valence-electron chi connectivity index (χ3n) is 6.36. The van der Waals surface area contributed by atoms with Gasteiger partial charge in [0, 0.05) is 40.5 Å². The van der Waals surface area contributed by atoms with Crippen LogP contribution in [0.5, 0.6) is 0 Å². The lowest BCUT2D eigenvalue weighted by Gasteiger charge is -2.14. The number of amides is 2. The van der Waals surface area contributed by atoms with Crippen LogP contribution in [0.1, 0.15) is 28.8 Å². The van der Waals surface area contributed by atoms with Crippen LogP contribution in [0, 0.1) is 0 Å². The molecular weight excluding hydrogens is 571 g/mol. The second kappa shape index (κ2) is 12.7. The van der Waals surface area contributed by atoms with Crippen molar-refractivity contribution in [1.82, 2.24) is 20.4 Å². The van der Waals surface area contributed by atoms with Gasteiger partial charge < -0.3 is 15.4 Å². The number of carbonyl (C=O) groups excluding carboxylic acids is 2. The van der Waals surface area contributed by atoms with Crippen molar-refractivity contribution in [3.05, 3.63) is 111 Å². The van der Waals surface area contributed by atoms with E-state index in [2.05, 4.69) is 10.6 Å². The Balaban J connectivity index is 1.54. The van der Waals surface area contributed by atoms with E-state index in [1.807, 2.05) is 42.5 Å². The molecule has 3 aromatic carbocycles. The number of benzene rings is 3. The lowest BCUT2D eigenvalue weighted by atomic mass is 10.1. The number of halogens is 3. The van der Waals surface area contributed by atoms with Crippen molar-refractivity contribution >= 4 is 52.7 Å². The molecule has 1 aromatic heterocycles. The van der Waals surface area contributed by atoms with Gasteiger partial charge in [-0.3, -0.25) is 9.59 Å². The maximum atomic E-state index is 13.4. The van der Waals surface area contributed by atoms with Crippen LogP contribution in [-0.2, 0) is 9.53 Å². The molecule has 1 atom stereocenters. The van der Waals surface area contributed by atoms with Gasteiger partial charge >= 0.3 is 0 Å². The molecule has 204 valence electrons. The monoisotopic (exact) mass is 594 g/mol. The summed E-state index contributed by atoms with van der Waals surface area (Å²) < 4.78 is 7.36. The van der Waals surface area contributed by atoms with Crippen LogP contribution in [0.4, 0.5) is 0 Å². The number of carbonyl (C=O) groups is 2. The summed E-state index contributed by atoms with van der Waals surface area (Å²) >= 11 is 18.4. The summed E-state index contributed by atoms with van der Waals surface area (Å²) in [6.07, 6.45) is 5.13. The maximum Gasteiger partial charge on any atom is 0.267 e. The molecule has 40 heavy (non-hydrogen) atoms. The largest absolute Gasteiger partial charge is 0.376 e. The molecule has 2 N–H and O–H groups in total. The minimum Gasteiger partial charge on any atom is -0.376 e. The van der Waals surface area contributed by atoms with Crippen LogP contribution in [0.2, 0.25) is 15.1 Å². The zero-order valence-corrected chi connectivity index (χ0v) is 23.5. The quantitative estimate of drug-likeness (QED) is 0.226. The van der Waals surface area contributed by atoms with Gasteiger partial charge in [-0.05, 0) is 61.4 Å². The number of nitrogens with zero attached hydrogens (tertiary/aromatic N) is 2. The topological polar surface area (TPSA) is 85.2 Å². The molecule has 0 aliphatic carbocycles. The standard InChI is InChI=1S/C30H25Cl3N4O3/c31-21-10-8-19(9-11-21)28-20(18-37(36-28)23-5-2-1-3-6-23)15-27(30(39)34-17-24-7-4-14-40-24)35-29(38)25-13-12-22(32)16-26(25)33/h1-3,5-6,8-13,15-16,18,24H,4,7,14,17H2,(H,34,39)(H,35,38)/b27-15-/t24-/m0/s1. The first-order chi connectivity index (χ1) is 19.4. The molecule has 5 rings (SSSR count). The molecule has 0 saturated carbocycles. The Bertz CT molecular complexity index is 1550. The van der Waals surface area contributed by atoms with Crippen LogP contribution in [0.15, 0.2) is 84.7 Å². The van der Waals surface area contributed by atoms with E-state index in [0.29, 0.717) is 34.5 Å². The van der Waals surface area contributed by atoms with Crippen molar-refractivity contribution < 1.29 is 14.3 Å². The van der Waals surface area contributed by atoms with Gasteiger partial charge in [0.15, 0.2) is 0 Å². The Labute approximate surface area is 246 Å². The molecule has 1 saturated heterocycles. The van der Waals surface area contributed by atoms with Crippen LogP contribution >= 0.6 is 34.8 Å². The number of ether oxygens (including phenoxy) is 1. The first-order valence-electron chi connectivity index (χ1n) is 12.7. The molecule has 0 unspecified atom stereocenters. The molecule has 1 fully saturated rings. The highest BCUT2D eigenvalue weighted by Crippen LogP contribution is 2.27. The highest BCUT2D eigenvalue weighted by atomic mass is 35.5. The van der Waals surface area contributed by atoms with Crippen LogP contribution < -0.4 is 10.6 Å². The molecule has 1 aliphatic heterocycles. The first-order valence-corrected chi connectivity index (χ1v) is 13.8. The Morgan fingerprint density at radius 1 is 1.00 bits per heavy atom. The average Bonchev–Trinajstić information content (AvgIpc) is 3.63. The molecule has 10 heteroatoms. The van der Waals surface area contributed by atoms with E-state index < -0.39 is 11.8 Å². The molecule has 0 bridgehead atoms. The van der Waals surface area contributed by atoms with E-state index >= 15 is 0 Å². The van der Waals surface area contributed by atoms with E-state index in [4.69, 9.17) is 44.6 Å². The summed E-state index contributed by atoms with van der Waals surface area (Å²) in [6.45, 7) is 0.985. The van der Waals surface area contributed by atoms with Crippen molar-refractivity contribution in [2.45, 2.75) is 18.9 Å². The van der Waals surface area contributed by atoms with Crippen molar-refractivity contribution in [3.63, 3.8) is 0 Å². The number of rotatable bonds is 8. The zero-order chi connectivity index (χ0) is 28.1. The van der Waals surface area contributed by atoms with Crippen LogP contribution in [0.25, 0.3) is 23.0 Å². The highest BCUT2D eigenvalue weighted by Gasteiger charge is 2.22. The molecule has 0 spiro atoms. The fraction of sp³-hybridized carbons (Fsp3) is 0.167. The van der Waals surface area contributed by atoms with Gasteiger partial charge in [0.05, 0.1) is 22.4 Å². The van der Waals surface area contributed by atoms with Gasteiger partial charge in [-0.15, -0.1) is 0 Å². The number of aromatic nitrogens is 2. The highest BCUT2D eigenvalue weighted by molar-refractivity contribution is 6.36. The van der Waals surface area contributed by atoms with Gasteiger partial charge in [0.2, 0.25) is 0 Å². The number of nitrogens with one attached hydrogen (secondary N) is 2. The van der Waals surface area contributed by atoms with Crippen molar-refractivity contribution in [2.75, 3.05) is 13.2 Å². The van der Waals surface area contributed by atoms with Crippen LogP contribution in [-0.4, -0.2) is 40.9 Å². The fourth-order valence-electron chi connectivity index (χ4n) is 4.32. The van der Waals surface area contributed by atoms with Crippen molar-refractivity contribution in [1.29, 1.82) is 0 Å². The molecule has 2 amide bonds. The van der Waals surface area contributed by atoms with E-state index in [1.165, 1.54) is 12.1 Å². The zero-order valence-electron chi connectivity index (χ0n) is 21.2. The summed E-state index contributed by atoms with van der Waals surface area (Å²) in [7, 11) is 0. The predicted octanol–water partition coefficient (Wildman–Crippen LogP) is 6.57. The van der Waals surface area contributed by atoms with E-state index in [-0.39, 0.29) is 22.4 Å². The third kappa shape index (κ3) is 6.74. The Hall–Kier alpha value is -3.62. The van der Waals surface area contributed by atoms with Gasteiger partial charge in [-0.2, -0.15) is 5.10 Å². The van der Waals surface area contributed by atoms with Gasteiger partial charge in [0.1, 0.15) is 11.4 Å². The lowest BCUT2D eigenvalue weighted by molar-refractivity contribution is -0.118. The summed E-state index contributed by atoms with van der Waals surface area (Å²) in [5, 5.41) is 11.6. The fourth-order valence-corrected chi connectivity index (χ4v) is 4.94. The van der Waals surface area contributed by atoms with Crippen molar-refractivity contribution in [2.24, 2.45) is 0 Å². The lowest BCUT2D eigenvalue weighted by Crippen LogP contribution is -2.38. The van der Waals surface area contributed by atoms with Gasteiger partial charge in [0.25, 0.3) is 11.8 Å². The second-order valence-corrected chi connectivity index (χ2v) is 10.5. The van der Waals surface area contributed by atoms with E-state index in [1.54, 1.807) is 35.2 Å². The molecule has 0 radical (unpaired) electrons. The number of hydrogen-bond donors (Lipinski definition) is 2.